The third-order valence-electron chi connectivity index (χ3n) is 2.88. The van der Waals surface area contributed by atoms with Crippen molar-refractivity contribution >= 4 is 11.7 Å². The Labute approximate surface area is 105 Å². The van der Waals surface area contributed by atoms with E-state index in [2.05, 4.69) is 5.32 Å². The van der Waals surface area contributed by atoms with Crippen LogP contribution in [0.3, 0.4) is 0 Å². The minimum Gasteiger partial charge on any atom is -0.489 e. The van der Waals surface area contributed by atoms with Crippen LogP contribution in [-0.2, 0) is 4.79 Å². The fourth-order valence-electron chi connectivity index (χ4n) is 1.94. The number of hydrogen-bond donors (Lipinski definition) is 4. The summed E-state index contributed by atoms with van der Waals surface area (Å²) in [4.78, 5) is 11.0. The zero-order valence-electron chi connectivity index (χ0n) is 9.85. The van der Waals surface area contributed by atoms with Crippen molar-refractivity contribution in [3.63, 3.8) is 0 Å². The van der Waals surface area contributed by atoms with Crippen LogP contribution in [0.4, 0.5) is 0 Å². The van der Waals surface area contributed by atoms with Gasteiger partial charge in [0.1, 0.15) is 17.7 Å². The summed E-state index contributed by atoms with van der Waals surface area (Å²) in [6.45, 7) is 0.581. The van der Waals surface area contributed by atoms with E-state index in [1.54, 1.807) is 24.3 Å². The van der Waals surface area contributed by atoms with Gasteiger partial charge < -0.3 is 21.5 Å². The minimum absolute atomic E-state index is 0.00000874. The maximum atomic E-state index is 11.0. The molecule has 1 aromatic rings. The second-order valence-electron chi connectivity index (χ2n) is 4.28. The van der Waals surface area contributed by atoms with Crippen LogP contribution in [0, 0.1) is 5.41 Å². The van der Waals surface area contributed by atoms with Crippen LogP contribution in [0.15, 0.2) is 24.3 Å². The molecule has 2 rings (SSSR count). The molecular formula is C12H16N4O2. The number of benzene rings is 1. The number of rotatable bonds is 4. The number of hydrogen-bond acceptors (Lipinski definition) is 4. The van der Waals surface area contributed by atoms with Gasteiger partial charge in [-0.15, -0.1) is 0 Å². The number of primary amides is 1. The topological polar surface area (TPSA) is 114 Å². The molecule has 1 heterocycles. The van der Waals surface area contributed by atoms with Crippen LogP contribution in [0.2, 0.25) is 0 Å². The molecule has 6 nitrogen and oxygen atoms in total. The lowest BCUT2D eigenvalue weighted by atomic mass is 10.2. The molecule has 0 saturated carbocycles. The number of nitrogens with one attached hydrogen (secondary N) is 2. The van der Waals surface area contributed by atoms with E-state index in [9.17, 15) is 4.79 Å². The molecular weight excluding hydrogens is 232 g/mol. The third kappa shape index (κ3) is 2.78. The van der Waals surface area contributed by atoms with E-state index in [-0.39, 0.29) is 23.9 Å². The Balaban J connectivity index is 2.00. The van der Waals surface area contributed by atoms with Crippen LogP contribution in [-0.4, -0.2) is 30.4 Å². The molecule has 96 valence electrons. The zero-order chi connectivity index (χ0) is 13.1. The number of amidine groups is 1. The largest absolute Gasteiger partial charge is 0.489 e. The van der Waals surface area contributed by atoms with E-state index < -0.39 is 0 Å². The fourth-order valence-corrected chi connectivity index (χ4v) is 1.94. The normalized spacial score (nSPS) is 22.7. The first kappa shape index (κ1) is 12.4. The van der Waals surface area contributed by atoms with Gasteiger partial charge in [0.2, 0.25) is 5.91 Å². The van der Waals surface area contributed by atoms with Crippen LogP contribution in [0.1, 0.15) is 12.0 Å². The van der Waals surface area contributed by atoms with Crippen molar-refractivity contribution in [2.45, 2.75) is 18.6 Å². The van der Waals surface area contributed by atoms with Crippen molar-refractivity contribution in [3.8, 4) is 5.75 Å². The molecule has 0 unspecified atom stereocenters. The number of carbonyl (C=O) groups excluding carboxylic acids is 1. The Kier molecular flexibility index (Phi) is 3.47. The van der Waals surface area contributed by atoms with Gasteiger partial charge >= 0.3 is 0 Å². The lowest BCUT2D eigenvalue weighted by Crippen LogP contribution is -2.36. The van der Waals surface area contributed by atoms with Crippen molar-refractivity contribution in [1.29, 1.82) is 5.41 Å². The average Bonchev–Trinajstić information content (AvgIpc) is 2.78. The van der Waals surface area contributed by atoms with E-state index >= 15 is 0 Å². The van der Waals surface area contributed by atoms with Gasteiger partial charge in [-0.25, -0.2) is 0 Å². The molecule has 0 spiro atoms. The number of nitrogens with two attached hydrogens (primary N) is 2. The number of amides is 1. The predicted octanol–water partition coefficient (Wildman–Crippen LogP) is -0.435. The van der Waals surface area contributed by atoms with Gasteiger partial charge in [-0.2, -0.15) is 0 Å². The highest BCUT2D eigenvalue weighted by atomic mass is 16.5. The maximum absolute atomic E-state index is 11.0. The Bertz CT molecular complexity index is 475. The molecule has 1 aliphatic heterocycles. The maximum Gasteiger partial charge on any atom is 0.234 e. The van der Waals surface area contributed by atoms with Crippen LogP contribution < -0.4 is 21.5 Å². The Morgan fingerprint density at radius 2 is 2.22 bits per heavy atom. The summed E-state index contributed by atoms with van der Waals surface area (Å²) >= 11 is 0. The van der Waals surface area contributed by atoms with Crippen LogP contribution >= 0.6 is 0 Å². The first-order valence-corrected chi connectivity index (χ1v) is 5.70. The molecule has 2 atom stereocenters. The first-order chi connectivity index (χ1) is 8.56. The Hall–Kier alpha value is -2.08. The zero-order valence-corrected chi connectivity index (χ0v) is 9.85. The molecule has 18 heavy (non-hydrogen) atoms. The summed E-state index contributed by atoms with van der Waals surface area (Å²) in [7, 11) is 0. The lowest BCUT2D eigenvalue weighted by Gasteiger charge is -2.13. The number of carbonyl (C=O) groups is 1. The fraction of sp³-hybridized carbons (Fsp3) is 0.333. The smallest absolute Gasteiger partial charge is 0.234 e. The van der Waals surface area contributed by atoms with Gasteiger partial charge in [0.25, 0.3) is 0 Å². The lowest BCUT2D eigenvalue weighted by molar-refractivity contribution is -0.119. The highest BCUT2D eigenvalue weighted by molar-refractivity contribution is 5.95. The Morgan fingerprint density at radius 1 is 1.44 bits per heavy atom. The molecule has 1 amide bonds. The van der Waals surface area contributed by atoms with Gasteiger partial charge in [-0.1, -0.05) is 12.1 Å². The van der Waals surface area contributed by atoms with Gasteiger partial charge in [0.15, 0.2) is 0 Å². The van der Waals surface area contributed by atoms with Gasteiger partial charge in [-0.05, 0) is 12.1 Å². The molecule has 6 heteroatoms. The Morgan fingerprint density at radius 3 is 2.83 bits per heavy atom. The molecule has 0 radical (unpaired) electrons. The second-order valence-corrected chi connectivity index (χ2v) is 4.28. The first-order valence-electron chi connectivity index (χ1n) is 5.70. The van der Waals surface area contributed by atoms with Gasteiger partial charge in [0.05, 0.1) is 6.04 Å². The minimum atomic E-state index is -0.362. The molecule has 1 aliphatic rings. The summed E-state index contributed by atoms with van der Waals surface area (Å²) in [5.41, 5.74) is 11.2. The standard InChI is InChI=1S/C12H16N4O2/c13-11(14)7-2-1-3-8(4-7)18-9-5-10(12(15)17)16-6-9/h1-4,9-10,16H,5-6H2,(H3,13,14)(H2,15,17)/t9-,10+/m1/s1. The van der Waals surface area contributed by atoms with E-state index in [1.165, 1.54) is 0 Å². The molecule has 0 aromatic heterocycles. The highest BCUT2D eigenvalue weighted by Crippen LogP contribution is 2.18. The molecule has 1 aromatic carbocycles. The molecule has 0 aliphatic carbocycles. The van der Waals surface area contributed by atoms with Crippen molar-refractivity contribution in [2.75, 3.05) is 6.54 Å². The summed E-state index contributed by atoms with van der Waals surface area (Å²) in [6, 6.07) is 6.70. The average molecular weight is 248 g/mol. The third-order valence-corrected chi connectivity index (χ3v) is 2.88. The van der Waals surface area contributed by atoms with Gasteiger partial charge in [-0.3, -0.25) is 10.2 Å². The van der Waals surface area contributed by atoms with Crippen molar-refractivity contribution in [2.24, 2.45) is 11.5 Å². The summed E-state index contributed by atoms with van der Waals surface area (Å²) in [6.07, 6.45) is 0.462. The quantitative estimate of drug-likeness (QED) is 0.427. The summed E-state index contributed by atoms with van der Waals surface area (Å²) < 4.78 is 5.72. The molecule has 6 N–H and O–H groups in total. The van der Waals surface area contributed by atoms with E-state index in [4.69, 9.17) is 21.6 Å². The van der Waals surface area contributed by atoms with Crippen LogP contribution in [0.25, 0.3) is 0 Å². The van der Waals surface area contributed by atoms with Crippen molar-refractivity contribution in [3.05, 3.63) is 29.8 Å². The molecule has 0 bridgehead atoms. The molecule has 1 fully saturated rings. The summed E-state index contributed by atoms with van der Waals surface area (Å²) in [5.74, 6) is 0.276. The van der Waals surface area contributed by atoms with E-state index in [0.717, 1.165) is 0 Å². The summed E-state index contributed by atoms with van der Waals surface area (Å²) in [5, 5.41) is 10.4. The highest BCUT2D eigenvalue weighted by Gasteiger charge is 2.29. The van der Waals surface area contributed by atoms with E-state index in [1.807, 2.05) is 0 Å². The van der Waals surface area contributed by atoms with Crippen molar-refractivity contribution in [1.82, 2.24) is 5.32 Å². The number of ether oxygens (including phenoxy) is 1. The second kappa shape index (κ2) is 5.05. The monoisotopic (exact) mass is 248 g/mol. The molecule has 1 saturated heterocycles. The number of nitrogen functional groups attached to an aromatic ring is 1. The van der Waals surface area contributed by atoms with Crippen molar-refractivity contribution < 1.29 is 9.53 Å². The van der Waals surface area contributed by atoms with Crippen LogP contribution in [0.5, 0.6) is 5.75 Å². The SMILES string of the molecule is N=C(N)c1cccc(O[C@H]2CN[C@H](C(N)=O)C2)c1. The van der Waals surface area contributed by atoms with E-state index in [0.29, 0.717) is 24.3 Å². The predicted molar refractivity (Wildman–Crippen MR) is 67.5 cm³/mol. The van der Waals surface area contributed by atoms with Gasteiger partial charge in [0, 0.05) is 18.5 Å².